The minimum atomic E-state index is -0.188. The van der Waals surface area contributed by atoms with Crippen LogP contribution in [0.1, 0.15) is 28.8 Å². The molecule has 1 aromatic heterocycles. The summed E-state index contributed by atoms with van der Waals surface area (Å²) in [6.07, 6.45) is 0.760. The summed E-state index contributed by atoms with van der Waals surface area (Å²) in [5.41, 5.74) is 6.52. The fourth-order valence-electron chi connectivity index (χ4n) is 1.50. The Morgan fingerprint density at radius 2 is 2.12 bits per heavy atom. The standard InChI is InChI=1S/C13H12ClNO2/c1-2-9-4-6-12(17-9)13(16)8-3-5-11(15)10(14)7-8/h3-7H,2,15H2,1H3. The number of benzene rings is 1. The first-order chi connectivity index (χ1) is 8.11. The smallest absolute Gasteiger partial charge is 0.228 e. The van der Waals surface area contributed by atoms with E-state index in [1.165, 1.54) is 0 Å². The number of nitrogen functional groups attached to an aromatic ring is 1. The first-order valence-electron chi connectivity index (χ1n) is 5.30. The Labute approximate surface area is 104 Å². The predicted octanol–water partition coefficient (Wildman–Crippen LogP) is 3.31. The second-order valence-electron chi connectivity index (χ2n) is 3.68. The molecule has 2 aromatic rings. The molecule has 0 bridgehead atoms. The summed E-state index contributed by atoms with van der Waals surface area (Å²) in [6, 6.07) is 8.27. The first kappa shape index (κ1) is 11.7. The van der Waals surface area contributed by atoms with Gasteiger partial charge in [-0.25, -0.2) is 0 Å². The third-order valence-corrected chi connectivity index (χ3v) is 2.82. The number of hydrogen-bond donors (Lipinski definition) is 1. The summed E-state index contributed by atoms with van der Waals surface area (Å²) in [5.74, 6) is 0.921. The largest absolute Gasteiger partial charge is 0.458 e. The predicted molar refractivity (Wildman–Crippen MR) is 67.4 cm³/mol. The van der Waals surface area contributed by atoms with Crippen LogP contribution in [-0.4, -0.2) is 5.78 Å². The second kappa shape index (κ2) is 4.63. The minimum absolute atomic E-state index is 0.188. The van der Waals surface area contributed by atoms with Gasteiger partial charge in [0.1, 0.15) is 5.76 Å². The third kappa shape index (κ3) is 2.34. The van der Waals surface area contributed by atoms with Crippen LogP contribution < -0.4 is 5.73 Å². The molecular weight excluding hydrogens is 238 g/mol. The van der Waals surface area contributed by atoms with Crippen LogP contribution in [0, 0.1) is 0 Å². The van der Waals surface area contributed by atoms with Gasteiger partial charge in [-0.05, 0) is 30.3 Å². The molecule has 0 aliphatic rings. The Morgan fingerprint density at radius 1 is 1.35 bits per heavy atom. The summed E-state index contributed by atoms with van der Waals surface area (Å²) in [7, 11) is 0. The molecule has 0 aliphatic carbocycles. The number of aryl methyl sites for hydroxylation is 1. The number of furan rings is 1. The van der Waals surface area contributed by atoms with Crippen LogP contribution in [0.5, 0.6) is 0 Å². The van der Waals surface area contributed by atoms with E-state index in [0.717, 1.165) is 12.2 Å². The molecule has 0 unspecified atom stereocenters. The van der Waals surface area contributed by atoms with Gasteiger partial charge < -0.3 is 10.2 Å². The number of halogens is 1. The highest BCUT2D eigenvalue weighted by molar-refractivity contribution is 6.33. The molecule has 2 rings (SSSR count). The number of nitrogens with two attached hydrogens (primary N) is 1. The van der Waals surface area contributed by atoms with Gasteiger partial charge in [-0.2, -0.15) is 0 Å². The van der Waals surface area contributed by atoms with E-state index in [2.05, 4.69) is 0 Å². The van der Waals surface area contributed by atoms with Crippen LogP contribution in [0.2, 0.25) is 5.02 Å². The van der Waals surface area contributed by atoms with Gasteiger partial charge in [-0.15, -0.1) is 0 Å². The molecule has 0 aliphatic heterocycles. The SMILES string of the molecule is CCc1ccc(C(=O)c2ccc(N)c(Cl)c2)o1. The normalized spacial score (nSPS) is 10.5. The second-order valence-corrected chi connectivity index (χ2v) is 4.09. The monoisotopic (exact) mass is 249 g/mol. The maximum Gasteiger partial charge on any atom is 0.228 e. The maximum atomic E-state index is 12.0. The number of carbonyl (C=O) groups excluding carboxylic acids is 1. The lowest BCUT2D eigenvalue weighted by molar-refractivity contribution is 0.101. The average molecular weight is 250 g/mol. The lowest BCUT2D eigenvalue weighted by Crippen LogP contribution is -2.00. The van der Waals surface area contributed by atoms with Crippen molar-refractivity contribution in [2.45, 2.75) is 13.3 Å². The van der Waals surface area contributed by atoms with E-state index < -0.39 is 0 Å². The minimum Gasteiger partial charge on any atom is -0.458 e. The summed E-state index contributed by atoms with van der Waals surface area (Å²) in [6.45, 7) is 1.97. The highest BCUT2D eigenvalue weighted by Gasteiger charge is 2.14. The van der Waals surface area contributed by atoms with Crippen molar-refractivity contribution in [3.63, 3.8) is 0 Å². The van der Waals surface area contributed by atoms with Gasteiger partial charge in [0, 0.05) is 12.0 Å². The van der Waals surface area contributed by atoms with Crippen molar-refractivity contribution in [3.8, 4) is 0 Å². The fraction of sp³-hybridized carbons (Fsp3) is 0.154. The maximum absolute atomic E-state index is 12.0. The number of carbonyl (C=O) groups is 1. The molecule has 2 N–H and O–H groups in total. The van der Waals surface area contributed by atoms with Gasteiger partial charge >= 0.3 is 0 Å². The molecule has 0 fully saturated rings. The van der Waals surface area contributed by atoms with Crippen molar-refractivity contribution in [3.05, 3.63) is 52.4 Å². The van der Waals surface area contributed by atoms with Gasteiger partial charge in [0.2, 0.25) is 5.78 Å². The van der Waals surface area contributed by atoms with E-state index in [4.69, 9.17) is 21.8 Å². The Hall–Kier alpha value is -1.74. The number of hydrogen-bond acceptors (Lipinski definition) is 3. The van der Waals surface area contributed by atoms with E-state index >= 15 is 0 Å². The molecule has 0 saturated heterocycles. The molecule has 0 spiro atoms. The zero-order valence-corrected chi connectivity index (χ0v) is 10.1. The quantitative estimate of drug-likeness (QED) is 0.671. The molecule has 4 heteroatoms. The zero-order valence-electron chi connectivity index (χ0n) is 9.37. The van der Waals surface area contributed by atoms with E-state index in [9.17, 15) is 4.79 Å². The third-order valence-electron chi connectivity index (χ3n) is 2.50. The molecule has 88 valence electrons. The Balaban J connectivity index is 2.33. The van der Waals surface area contributed by atoms with E-state index in [0.29, 0.717) is 22.0 Å². The van der Waals surface area contributed by atoms with Gasteiger partial charge in [-0.1, -0.05) is 18.5 Å². The molecular formula is C13H12ClNO2. The highest BCUT2D eigenvalue weighted by Crippen LogP contribution is 2.22. The van der Waals surface area contributed by atoms with Crippen LogP contribution >= 0.6 is 11.6 Å². The zero-order chi connectivity index (χ0) is 12.4. The summed E-state index contributed by atoms with van der Waals surface area (Å²) in [4.78, 5) is 12.0. The molecule has 3 nitrogen and oxygen atoms in total. The van der Waals surface area contributed by atoms with Crippen molar-refractivity contribution in [2.24, 2.45) is 0 Å². The molecule has 1 heterocycles. The van der Waals surface area contributed by atoms with Crippen molar-refractivity contribution >= 4 is 23.1 Å². The first-order valence-corrected chi connectivity index (χ1v) is 5.68. The summed E-state index contributed by atoms with van der Waals surface area (Å²) < 4.78 is 5.40. The number of rotatable bonds is 3. The van der Waals surface area contributed by atoms with Crippen LogP contribution in [0.25, 0.3) is 0 Å². The lowest BCUT2D eigenvalue weighted by atomic mass is 10.1. The van der Waals surface area contributed by atoms with E-state index in [1.807, 2.05) is 6.92 Å². The number of ketones is 1. The molecule has 0 saturated carbocycles. The van der Waals surface area contributed by atoms with Crippen molar-refractivity contribution < 1.29 is 9.21 Å². The molecule has 0 amide bonds. The highest BCUT2D eigenvalue weighted by atomic mass is 35.5. The summed E-state index contributed by atoms with van der Waals surface area (Å²) >= 11 is 5.87. The molecule has 1 aromatic carbocycles. The Bertz CT molecular complexity index is 560. The van der Waals surface area contributed by atoms with E-state index in [-0.39, 0.29) is 5.78 Å². The molecule has 0 radical (unpaired) electrons. The lowest BCUT2D eigenvalue weighted by Gasteiger charge is -2.01. The number of anilines is 1. The van der Waals surface area contributed by atoms with Crippen molar-refractivity contribution in [1.29, 1.82) is 0 Å². The van der Waals surface area contributed by atoms with Crippen molar-refractivity contribution in [1.82, 2.24) is 0 Å². The average Bonchev–Trinajstić information content (AvgIpc) is 2.80. The van der Waals surface area contributed by atoms with Gasteiger partial charge in [0.15, 0.2) is 5.76 Å². The Morgan fingerprint density at radius 3 is 2.71 bits per heavy atom. The van der Waals surface area contributed by atoms with Crippen LogP contribution in [-0.2, 0) is 6.42 Å². The van der Waals surface area contributed by atoms with Crippen LogP contribution in [0.3, 0.4) is 0 Å². The van der Waals surface area contributed by atoms with Gasteiger partial charge in [0.05, 0.1) is 10.7 Å². The van der Waals surface area contributed by atoms with Gasteiger partial charge in [-0.3, -0.25) is 4.79 Å². The van der Waals surface area contributed by atoms with Crippen LogP contribution in [0.15, 0.2) is 34.7 Å². The van der Waals surface area contributed by atoms with Crippen molar-refractivity contribution in [2.75, 3.05) is 5.73 Å². The fourth-order valence-corrected chi connectivity index (χ4v) is 1.68. The van der Waals surface area contributed by atoms with Gasteiger partial charge in [0.25, 0.3) is 0 Å². The topological polar surface area (TPSA) is 56.2 Å². The molecule has 0 atom stereocenters. The Kier molecular flexibility index (Phi) is 3.20. The van der Waals surface area contributed by atoms with Crippen LogP contribution in [0.4, 0.5) is 5.69 Å². The van der Waals surface area contributed by atoms with E-state index in [1.54, 1.807) is 30.3 Å². The molecule has 17 heavy (non-hydrogen) atoms. The summed E-state index contributed by atoms with van der Waals surface area (Å²) in [5, 5.41) is 0.373.